The summed E-state index contributed by atoms with van der Waals surface area (Å²) in [5.41, 5.74) is 2.24. The molecule has 26 heavy (non-hydrogen) atoms. The second-order valence-corrected chi connectivity index (χ2v) is 6.37. The summed E-state index contributed by atoms with van der Waals surface area (Å²) in [4.78, 5) is 24.0. The fraction of sp³-hybridized carbons (Fsp3) is 0.300. The number of carbonyl (C=O) groups is 2. The third kappa shape index (κ3) is 5.51. The van der Waals surface area contributed by atoms with Gasteiger partial charge in [-0.3, -0.25) is 4.79 Å². The van der Waals surface area contributed by atoms with Gasteiger partial charge >= 0.3 is 6.03 Å². The van der Waals surface area contributed by atoms with Crippen molar-refractivity contribution in [3.63, 3.8) is 0 Å². The Hall–Kier alpha value is -3.02. The van der Waals surface area contributed by atoms with E-state index in [1.807, 2.05) is 31.2 Å². The molecule has 0 saturated heterocycles. The minimum Gasteiger partial charge on any atom is -0.492 e. The lowest BCUT2D eigenvalue weighted by molar-refractivity contribution is 0.0951. The Morgan fingerprint density at radius 3 is 2.69 bits per heavy atom. The van der Waals surface area contributed by atoms with Crippen molar-refractivity contribution in [2.45, 2.75) is 25.8 Å². The second kappa shape index (κ2) is 8.38. The normalized spacial score (nSPS) is 13.0. The van der Waals surface area contributed by atoms with E-state index in [0.29, 0.717) is 30.4 Å². The molecule has 0 heterocycles. The first-order chi connectivity index (χ1) is 12.6. The zero-order valence-corrected chi connectivity index (χ0v) is 14.7. The van der Waals surface area contributed by atoms with E-state index in [0.717, 1.165) is 24.2 Å². The number of carbonyl (C=O) groups excluding carboxylic acids is 2. The van der Waals surface area contributed by atoms with Gasteiger partial charge in [0.15, 0.2) is 0 Å². The molecule has 1 saturated carbocycles. The molecule has 0 spiro atoms. The Kier molecular flexibility index (Phi) is 5.73. The maximum atomic E-state index is 12.0. The topological polar surface area (TPSA) is 79.5 Å². The Morgan fingerprint density at radius 1 is 1.12 bits per heavy atom. The zero-order chi connectivity index (χ0) is 18.4. The largest absolute Gasteiger partial charge is 0.492 e. The molecule has 136 valence electrons. The molecule has 3 N–H and O–H groups in total. The number of hydrogen-bond acceptors (Lipinski definition) is 3. The summed E-state index contributed by atoms with van der Waals surface area (Å²) >= 11 is 0. The average molecular weight is 353 g/mol. The molecule has 6 nitrogen and oxygen atoms in total. The van der Waals surface area contributed by atoms with E-state index in [1.54, 1.807) is 24.3 Å². The van der Waals surface area contributed by atoms with Gasteiger partial charge in [0.05, 0.1) is 6.54 Å². The molecule has 0 radical (unpaired) electrons. The minimum absolute atomic E-state index is 0.108. The lowest BCUT2D eigenvalue weighted by Crippen LogP contribution is -2.32. The molecular formula is C20H23N3O3. The predicted molar refractivity (Wildman–Crippen MR) is 101 cm³/mol. The number of hydrogen-bond donors (Lipinski definition) is 3. The van der Waals surface area contributed by atoms with Crippen molar-refractivity contribution in [3.05, 3.63) is 59.7 Å². The van der Waals surface area contributed by atoms with Crippen LogP contribution in [0.1, 0.15) is 28.8 Å². The van der Waals surface area contributed by atoms with Crippen LogP contribution in [-0.2, 0) is 0 Å². The van der Waals surface area contributed by atoms with Gasteiger partial charge in [-0.1, -0.05) is 18.2 Å². The van der Waals surface area contributed by atoms with Crippen LogP contribution in [0.5, 0.6) is 5.75 Å². The van der Waals surface area contributed by atoms with Gasteiger partial charge < -0.3 is 20.7 Å². The summed E-state index contributed by atoms with van der Waals surface area (Å²) in [6, 6.07) is 14.6. The zero-order valence-electron chi connectivity index (χ0n) is 14.7. The van der Waals surface area contributed by atoms with Gasteiger partial charge in [-0.05, 0) is 55.7 Å². The molecule has 2 aromatic carbocycles. The van der Waals surface area contributed by atoms with Crippen molar-refractivity contribution in [3.8, 4) is 5.75 Å². The lowest BCUT2D eigenvalue weighted by Gasteiger charge is -2.10. The molecule has 0 aliphatic heterocycles. The molecule has 3 amide bonds. The van der Waals surface area contributed by atoms with Gasteiger partial charge in [-0.2, -0.15) is 0 Å². The van der Waals surface area contributed by atoms with Crippen LogP contribution in [0.25, 0.3) is 0 Å². The molecular weight excluding hydrogens is 330 g/mol. The summed E-state index contributed by atoms with van der Waals surface area (Å²) in [5, 5.41) is 8.39. The molecule has 0 atom stereocenters. The Balaban J connectivity index is 1.42. The average Bonchev–Trinajstić information content (AvgIpc) is 3.43. The van der Waals surface area contributed by atoms with Crippen LogP contribution in [0.3, 0.4) is 0 Å². The summed E-state index contributed by atoms with van der Waals surface area (Å²) in [6.07, 6.45) is 2.08. The van der Waals surface area contributed by atoms with Crippen LogP contribution in [0.15, 0.2) is 48.5 Å². The first-order valence-corrected chi connectivity index (χ1v) is 8.75. The van der Waals surface area contributed by atoms with Crippen LogP contribution in [0.4, 0.5) is 10.5 Å². The number of urea groups is 1. The first-order valence-electron chi connectivity index (χ1n) is 8.75. The number of ether oxygens (including phenoxy) is 1. The number of rotatable bonds is 7. The van der Waals surface area contributed by atoms with Gasteiger partial charge in [-0.15, -0.1) is 0 Å². The van der Waals surface area contributed by atoms with Gasteiger partial charge in [0.2, 0.25) is 0 Å². The van der Waals surface area contributed by atoms with Gasteiger partial charge in [0.25, 0.3) is 5.91 Å². The van der Waals surface area contributed by atoms with Crippen molar-refractivity contribution < 1.29 is 14.3 Å². The van der Waals surface area contributed by atoms with E-state index >= 15 is 0 Å². The number of benzene rings is 2. The van der Waals surface area contributed by atoms with Crippen LogP contribution in [0, 0.1) is 6.92 Å². The molecule has 1 aliphatic carbocycles. The molecule has 0 bridgehead atoms. The number of nitrogens with one attached hydrogen (secondary N) is 3. The van der Waals surface area contributed by atoms with Crippen molar-refractivity contribution >= 4 is 17.6 Å². The van der Waals surface area contributed by atoms with E-state index in [-0.39, 0.29) is 11.9 Å². The Labute approximate surface area is 152 Å². The SMILES string of the molecule is Cc1cccc(OCCNC(=O)Nc2cccc(C(=O)NC3CC3)c2)c1. The van der Waals surface area contributed by atoms with Gasteiger partial charge in [-0.25, -0.2) is 4.79 Å². The summed E-state index contributed by atoms with van der Waals surface area (Å²) < 4.78 is 5.59. The quantitative estimate of drug-likeness (QED) is 0.669. The fourth-order valence-electron chi connectivity index (χ4n) is 2.45. The number of amides is 3. The van der Waals surface area contributed by atoms with Crippen LogP contribution in [-0.4, -0.2) is 31.1 Å². The van der Waals surface area contributed by atoms with Crippen molar-refractivity contribution in [1.29, 1.82) is 0 Å². The van der Waals surface area contributed by atoms with Crippen LogP contribution in [0.2, 0.25) is 0 Å². The van der Waals surface area contributed by atoms with Crippen LogP contribution >= 0.6 is 0 Å². The highest BCUT2D eigenvalue weighted by Crippen LogP contribution is 2.20. The second-order valence-electron chi connectivity index (χ2n) is 6.37. The smallest absolute Gasteiger partial charge is 0.319 e. The highest BCUT2D eigenvalue weighted by molar-refractivity contribution is 5.97. The molecule has 2 aromatic rings. The van der Waals surface area contributed by atoms with E-state index in [4.69, 9.17) is 4.74 Å². The summed E-state index contributed by atoms with van der Waals surface area (Å²) in [6.45, 7) is 2.75. The van der Waals surface area contributed by atoms with Crippen LogP contribution < -0.4 is 20.7 Å². The Morgan fingerprint density at radius 2 is 1.92 bits per heavy atom. The maximum absolute atomic E-state index is 12.0. The van der Waals surface area contributed by atoms with Crippen molar-refractivity contribution in [2.24, 2.45) is 0 Å². The number of aryl methyl sites for hydroxylation is 1. The van der Waals surface area contributed by atoms with E-state index in [2.05, 4.69) is 16.0 Å². The molecule has 0 aromatic heterocycles. The summed E-state index contributed by atoms with van der Waals surface area (Å²) in [7, 11) is 0. The van der Waals surface area contributed by atoms with E-state index in [1.165, 1.54) is 0 Å². The fourth-order valence-corrected chi connectivity index (χ4v) is 2.45. The van der Waals surface area contributed by atoms with Gasteiger partial charge in [0, 0.05) is 17.3 Å². The minimum atomic E-state index is -0.336. The Bertz CT molecular complexity index is 787. The standard InChI is InChI=1S/C20H23N3O3/c1-14-4-2-7-18(12-14)26-11-10-21-20(25)23-17-6-3-5-15(13-17)19(24)22-16-8-9-16/h2-7,12-13,16H,8-11H2,1H3,(H,22,24)(H2,21,23,25). The third-order valence-corrected chi connectivity index (χ3v) is 3.94. The first kappa shape index (κ1) is 17.8. The van der Waals surface area contributed by atoms with Crippen molar-refractivity contribution in [1.82, 2.24) is 10.6 Å². The monoisotopic (exact) mass is 353 g/mol. The molecule has 0 unspecified atom stereocenters. The summed E-state index contributed by atoms with van der Waals surface area (Å²) in [5.74, 6) is 0.671. The molecule has 1 fully saturated rings. The lowest BCUT2D eigenvalue weighted by atomic mass is 10.2. The third-order valence-electron chi connectivity index (χ3n) is 3.94. The predicted octanol–water partition coefficient (Wildman–Crippen LogP) is 3.09. The number of anilines is 1. The highest BCUT2D eigenvalue weighted by atomic mass is 16.5. The molecule has 3 rings (SSSR count). The highest BCUT2D eigenvalue weighted by Gasteiger charge is 2.23. The van der Waals surface area contributed by atoms with Gasteiger partial charge in [0.1, 0.15) is 12.4 Å². The maximum Gasteiger partial charge on any atom is 0.319 e. The van der Waals surface area contributed by atoms with E-state index in [9.17, 15) is 9.59 Å². The molecule has 1 aliphatic rings. The van der Waals surface area contributed by atoms with E-state index < -0.39 is 0 Å². The molecule has 6 heteroatoms. The van der Waals surface area contributed by atoms with Crippen molar-refractivity contribution in [2.75, 3.05) is 18.5 Å².